The largest absolute Gasteiger partial charge is 0.747 e. The summed E-state index contributed by atoms with van der Waals surface area (Å²) in [5, 5.41) is -1.39. The molecule has 0 unspecified atom stereocenters. The standard InChI is InChI=1S/C11H14O5S/c1-2-16-11(12)8-10(17(13,14)15)9-6-4-3-5-7-9/h3-7,10H,2,8H2,1H3,(H,13,14,15)/p-1/t10-/m0/s1. The van der Waals surface area contributed by atoms with Gasteiger partial charge in [0, 0.05) is 0 Å². The topological polar surface area (TPSA) is 83.5 Å². The van der Waals surface area contributed by atoms with Crippen LogP contribution in [0.3, 0.4) is 0 Å². The van der Waals surface area contributed by atoms with Crippen LogP contribution < -0.4 is 0 Å². The first-order valence-electron chi connectivity index (χ1n) is 5.10. The molecule has 0 aliphatic heterocycles. The van der Waals surface area contributed by atoms with E-state index in [1.165, 1.54) is 12.1 Å². The molecular weight excluding hydrogens is 244 g/mol. The molecular formula is C11H13O5S-. The molecule has 0 aliphatic carbocycles. The van der Waals surface area contributed by atoms with Gasteiger partial charge in [0.2, 0.25) is 0 Å². The third-order valence-electron chi connectivity index (χ3n) is 2.18. The summed E-state index contributed by atoms with van der Waals surface area (Å²) in [5.74, 6) is -0.694. The van der Waals surface area contributed by atoms with E-state index in [0.29, 0.717) is 5.56 Å². The van der Waals surface area contributed by atoms with Crippen molar-refractivity contribution in [3.05, 3.63) is 35.9 Å². The predicted molar refractivity (Wildman–Crippen MR) is 60.1 cm³/mol. The highest BCUT2D eigenvalue weighted by atomic mass is 32.2. The monoisotopic (exact) mass is 257 g/mol. The van der Waals surface area contributed by atoms with E-state index in [9.17, 15) is 17.8 Å². The number of hydrogen-bond acceptors (Lipinski definition) is 5. The lowest BCUT2D eigenvalue weighted by Crippen LogP contribution is -2.18. The van der Waals surface area contributed by atoms with Crippen LogP contribution in [0, 0.1) is 0 Å². The first-order valence-corrected chi connectivity index (χ1v) is 6.57. The molecule has 1 atom stereocenters. The molecule has 0 aromatic heterocycles. The van der Waals surface area contributed by atoms with E-state index in [0.717, 1.165) is 0 Å². The van der Waals surface area contributed by atoms with Crippen LogP contribution in [0.1, 0.15) is 24.2 Å². The molecule has 0 spiro atoms. The van der Waals surface area contributed by atoms with Gasteiger partial charge in [0.15, 0.2) is 0 Å². The molecule has 94 valence electrons. The Balaban J connectivity index is 2.95. The Bertz CT molecular complexity index is 466. The number of rotatable bonds is 5. The number of hydrogen-bond donors (Lipinski definition) is 0. The molecule has 5 nitrogen and oxygen atoms in total. The molecule has 0 heterocycles. The molecule has 0 bridgehead atoms. The second-order valence-corrected chi connectivity index (χ2v) is 4.96. The summed E-state index contributed by atoms with van der Waals surface area (Å²) < 4.78 is 38.0. The molecule has 1 aromatic rings. The normalized spacial score (nSPS) is 13.1. The quantitative estimate of drug-likeness (QED) is 0.585. The zero-order chi connectivity index (χ0) is 12.9. The van der Waals surface area contributed by atoms with Crippen LogP contribution >= 0.6 is 0 Å². The smallest absolute Gasteiger partial charge is 0.307 e. The van der Waals surface area contributed by atoms with Gasteiger partial charge in [-0.3, -0.25) is 4.79 Å². The van der Waals surface area contributed by atoms with Crippen molar-refractivity contribution >= 4 is 16.1 Å². The Kier molecular flexibility index (Phi) is 4.65. The van der Waals surface area contributed by atoms with Crippen molar-refractivity contribution in [3.63, 3.8) is 0 Å². The fraction of sp³-hybridized carbons (Fsp3) is 0.364. The van der Waals surface area contributed by atoms with Crippen molar-refractivity contribution in [1.82, 2.24) is 0 Å². The summed E-state index contributed by atoms with van der Waals surface area (Å²) in [6.07, 6.45) is -0.455. The highest BCUT2D eigenvalue weighted by molar-refractivity contribution is 7.86. The van der Waals surface area contributed by atoms with Crippen LogP contribution in [0.5, 0.6) is 0 Å². The van der Waals surface area contributed by atoms with Gasteiger partial charge in [-0.2, -0.15) is 0 Å². The molecule has 0 fully saturated rings. The molecule has 0 aliphatic rings. The van der Waals surface area contributed by atoms with Crippen LogP contribution in [0.15, 0.2) is 30.3 Å². The van der Waals surface area contributed by atoms with E-state index in [4.69, 9.17) is 0 Å². The molecule has 0 radical (unpaired) electrons. The van der Waals surface area contributed by atoms with Gasteiger partial charge < -0.3 is 9.29 Å². The highest BCUT2D eigenvalue weighted by Gasteiger charge is 2.22. The third kappa shape index (κ3) is 4.16. The number of carbonyl (C=O) groups is 1. The van der Waals surface area contributed by atoms with E-state index in [1.807, 2.05) is 0 Å². The number of benzene rings is 1. The van der Waals surface area contributed by atoms with E-state index in [2.05, 4.69) is 4.74 Å². The second-order valence-electron chi connectivity index (χ2n) is 3.40. The molecule has 1 aromatic carbocycles. The summed E-state index contributed by atoms with van der Waals surface area (Å²) in [6.45, 7) is 1.76. The van der Waals surface area contributed by atoms with Gasteiger partial charge in [-0.15, -0.1) is 0 Å². The van der Waals surface area contributed by atoms with Crippen molar-refractivity contribution in [3.8, 4) is 0 Å². The lowest BCUT2D eigenvalue weighted by molar-refractivity contribution is -0.143. The molecule has 17 heavy (non-hydrogen) atoms. The Morgan fingerprint density at radius 2 is 1.94 bits per heavy atom. The predicted octanol–water partition coefficient (Wildman–Crippen LogP) is 1.23. The minimum absolute atomic E-state index is 0.152. The van der Waals surface area contributed by atoms with Crippen LogP contribution in [0.25, 0.3) is 0 Å². The molecule has 6 heteroatoms. The minimum atomic E-state index is -4.58. The van der Waals surface area contributed by atoms with Crippen molar-refractivity contribution in [2.45, 2.75) is 18.6 Å². The van der Waals surface area contributed by atoms with Gasteiger partial charge in [-0.05, 0) is 12.5 Å². The van der Waals surface area contributed by atoms with Gasteiger partial charge in [0.05, 0.1) is 18.3 Å². The lowest BCUT2D eigenvalue weighted by atomic mass is 10.1. The van der Waals surface area contributed by atoms with E-state index >= 15 is 0 Å². The Hall–Kier alpha value is -1.40. The minimum Gasteiger partial charge on any atom is -0.747 e. The van der Waals surface area contributed by atoms with Crippen molar-refractivity contribution in [1.29, 1.82) is 0 Å². The summed E-state index contributed by atoms with van der Waals surface area (Å²) in [4.78, 5) is 11.2. The summed E-state index contributed by atoms with van der Waals surface area (Å²) in [7, 11) is -4.58. The zero-order valence-electron chi connectivity index (χ0n) is 9.33. The average molecular weight is 257 g/mol. The molecule has 0 amide bonds. The maximum absolute atomic E-state index is 11.2. The zero-order valence-corrected chi connectivity index (χ0v) is 10.1. The Morgan fingerprint density at radius 1 is 1.35 bits per heavy atom. The third-order valence-corrected chi connectivity index (χ3v) is 3.31. The fourth-order valence-corrected chi connectivity index (χ4v) is 2.26. The van der Waals surface area contributed by atoms with Crippen LogP contribution in [-0.4, -0.2) is 25.5 Å². The van der Waals surface area contributed by atoms with E-state index < -0.39 is 27.8 Å². The fourth-order valence-electron chi connectivity index (χ4n) is 1.43. The summed E-state index contributed by atoms with van der Waals surface area (Å²) in [6, 6.07) is 7.92. The highest BCUT2D eigenvalue weighted by Crippen LogP contribution is 2.25. The summed E-state index contributed by atoms with van der Waals surface area (Å²) >= 11 is 0. The van der Waals surface area contributed by atoms with Crippen molar-refractivity contribution in [2.24, 2.45) is 0 Å². The lowest BCUT2D eigenvalue weighted by Gasteiger charge is -2.20. The van der Waals surface area contributed by atoms with Gasteiger partial charge in [-0.25, -0.2) is 8.42 Å². The maximum atomic E-state index is 11.2. The van der Waals surface area contributed by atoms with Crippen molar-refractivity contribution in [2.75, 3.05) is 6.61 Å². The molecule has 1 rings (SSSR count). The van der Waals surface area contributed by atoms with Gasteiger partial charge in [0.1, 0.15) is 10.1 Å². The Morgan fingerprint density at radius 3 is 2.41 bits per heavy atom. The van der Waals surface area contributed by atoms with E-state index in [1.54, 1.807) is 25.1 Å². The number of ether oxygens (including phenoxy) is 1. The van der Waals surface area contributed by atoms with Crippen LogP contribution in [0.2, 0.25) is 0 Å². The van der Waals surface area contributed by atoms with Crippen LogP contribution in [-0.2, 0) is 19.6 Å². The number of carbonyl (C=O) groups excluding carboxylic acids is 1. The van der Waals surface area contributed by atoms with E-state index in [-0.39, 0.29) is 6.61 Å². The van der Waals surface area contributed by atoms with Crippen molar-refractivity contribution < 1.29 is 22.5 Å². The van der Waals surface area contributed by atoms with Gasteiger partial charge >= 0.3 is 5.97 Å². The first kappa shape index (κ1) is 13.7. The van der Waals surface area contributed by atoms with Gasteiger partial charge in [-0.1, -0.05) is 30.3 Å². The Labute approximate surface area is 100 Å². The SMILES string of the molecule is CCOC(=O)C[C@@H](c1ccccc1)S(=O)(=O)[O-]. The maximum Gasteiger partial charge on any atom is 0.307 e. The number of esters is 1. The average Bonchev–Trinajstić information content (AvgIpc) is 2.26. The second kappa shape index (κ2) is 5.79. The molecule has 0 saturated carbocycles. The summed E-state index contributed by atoms with van der Waals surface area (Å²) in [5.41, 5.74) is 0.301. The molecule has 0 N–H and O–H groups in total. The van der Waals surface area contributed by atoms with Gasteiger partial charge in [0.25, 0.3) is 0 Å². The molecule has 0 saturated heterocycles. The van der Waals surface area contributed by atoms with Crippen LogP contribution in [0.4, 0.5) is 0 Å². The first-order chi connectivity index (χ1) is 7.95.